The largest absolute Gasteiger partial charge is 0.480 e. The van der Waals surface area contributed by atoms with Crippen LogP contribution in [-0.2, 0) is 22.5 Å². The third-order valence-electron chi connectivity index (χ3n) is 3.71. The molecule has 0 aromatic carbocycles. The minimum Gasteiger partial charge on any atom is -0.480 e. The number of H-pyrrole nitrogens is 1. The van der Waals surface area contributed by atoms with E-state index in [4.69, 9.17) is 4.74 Å². The molecule has 1 fully saturated rings. The summed E-state index contributed by atoms with van der Waals surface area (Å²) in [6.07, 6.45) is 1.77. The highest BCUT2D eigenvalue weighted by molar-refractivity contribution is 5.83. The van der Waals surface area contributed by atoms with Gasteiger partial charge in [-0.15, -0.1) is 0 Å². The average molecular weight is 280 g/mol. The Bertz CT molecular complexity index is 523. The molecule has 0 aliphatic carbocycles. The SMILES string of the molecule is O=C(O)C1Cc2nc[nH]c2CN1C(=O)N1CCOCC1. The Morgan fingerprint density at radius 1 is 1.40 bits per heavy atom. The van der Waals surface area contributed by atoms with Crippen molar-refractivity contribution >= 4 is 12.0 Å². The smallest absolute Gasteiger partial charge is 0.326 e. The van der Waals surface area contributed by atoms with Crippen molar-refractivity contribution in [2.75, 3.05) is 26.3 Å². The average Bonchev–Trinajstić information content (AvgIpc) is 2.93. The zero-order chi connectivity index (χ0) is 14.1. The minimum atomic E-state index is -1.000. The van der Waals surface area contributed by atoms with Crippen LogP contribution in [0.3, 0.4) is 0 Å². The van der Waals surface area contributed by atoms with Crippen molar-refractivity contribution in [3.63, 3.8) is 0 Å². The molecule has 3 rings (SSSR count). The fourth-order valence-corrected chi connectivity index (χ4v) is 2.59. The van der Waals surface area contributed by atoms with Crippen LogP contribution in [0.5, 0.6) is 0 Å². The third-order valence-corrected chi connectivity index (χ3v) is 3.71. The van der Waals surface area contributed by atoms with Crippen molar-refractivity contribution in [3.05, 3.63) is 17.7 Å². The van der Waals surface area contributed by atoms with E-state index >= 15 is 0 Å². The first-order valence-electron chi connectivity index (χ1n) is 6.54. The summed E-state index contributed by atoms with van der Waals surface area (Å²) in [7, 11) is 0. The molecule has 1 unspecified atom stereocenters. The standard InChI is InChI=1S/C12H16N4O4/c17-11(18)10-5-8-9(14-7-13-8)6-16(10)12(19)15-1-3-20-4-2-15/h7,10H,1-6H2,(H,13,14)(H,17,18). The first kappa shape index (κ1) is 12.9. The zero-order valence-corrected chi connectivity index (χ0v) is 10.9. The molecule has 0 spiro atoms. The fourth-order valence-electron chi connectivity index (χ4n) is 2.59. The number of morpholine rings is 1. The van der Waals surface area contributed by atoms with Crippen LogP contribution in [0.25, 0.3) is 0 Å². The molecule has 2 aliphatic rings. The van der Waals surface area contributed by atoms with Crippen LogP contribution in [0.4, 0.5) is 4.79 Å². The van der Waals surface area contributed by atoms with E-state index in [0.717, 1.165) is 11.4 Å². The molecule has 1 saturated heterocycles. The monoisotopic (exact) mass is 280 g/mol. The van der Waals surface area contributed by atoms with Crippen LogP contribution >= 0.6 is 0 Å². The van der Waals surface area contributed by atoms with Gasteiger partial charge in [0.1, 0.15) is 6.04 Å². The first-order valence-corrected chi connectivity index (χ1v) is 6.54. The van der Waals surface area contributed by atoms with Gasteiger partial charge in [-0.25, -0.2) is 14.6 Å². The van der Waals surface area contributed by atoms with Crippen LogP contribution < -0.4 is 0 Å². The van der Waals surface area contributed by atoms with Crippen molar-refractivity contribution in [1.29, 1.82) is 0 Å². The van der Waals surface area contributed by atoms with E-state index < -0.39 is 12.0 Å². The molecule has 2 aliphatic heterocycles. The second-order valence-corrected chi connectivity index (χ2v) is 4.90. The molecule has 2 N–H and O–H groups in total. The molecule has 0 bridgehead atoms. The zero-order valence-electron chi connectivity index (χ0n) is 10.9. The van der Waals surface area contributed by atoms with Gasteiger partial charge in [-0.3, -0.25) is 0 Å². The lowest BCUT2D eigenvalue weighted by molar-refractivity contribution is -0.143. The minimum absolute atomic E-state index is 0.240. The lowest BCUT2D eigenvalue weighted by Crippen LogP contribution is -2.55. The number of aromatic nitrogens is 2. The molecule has 1 atom stereocenters. The van der Waals surface area contributed by atoms with E-state index in [1.165, 1.54) is 11.2 Å². The molecule has 1 aromatic rings. The summed E-state index contributed by atoms with van der Waals surface area (Å²) in [6.45, 7) is 2.23. The number of rotatable bonds is 1. The Kier molecular flexibility index (Phi) is 3.31. The number of hydrogen-bond acceptors (Lipinski definition) is 4. The van der Waals surface area contributed by atoms with Gasteiger partial charge >= 0.3 is 12.0 Å². The number of carbonyl (C=O) groups is 2. The fraction of sp³-hybridized carbons (Fsp3) is 0.583. The van der Waals surface area contributed by atoms with Gasteiger partial charge in [0.25, 0.3) is 0 Å². The van der Waals surface area contributed by atoms with Crippen molar-refractivity contribution in [2.45, 2.75) is 19.0 Å². The molecule has 108 valence electrons. The summed E-state index contributed by atoms with van der Waals surface area (Å²) >= 11 is 0. The van der Waals surface area contributed by atoms with Crippen LogP contribution in [-0.4, -0.2) is 69.2 Å². The normalized spacial score (nSPS) is 22.5. The van der Waals surface area contributed by atoms with Crippen molar-refractivity contribution < 1.29 is 19.4 Å². The number of imidazole rings is 1. The molecule has 8 heteroatoms. The molecular weight excluding hydrogens is 264 g/mol. The van der Waals surface area contributed by atoms with E-state index in [0.29, 0.717) is 26.3 Å². The number of nitrogens with zero attached hydrogens (tertiary/aromatic N) is 3. The predicted octanol–water partition coefficient (Wildman–Crippen LogP) is -0.327. The number of carbonyl (C=O) groups excluding carboxylic acids is 1. The first-order chi connectivity index (χ1) is 9.66. The summed E-state index contributed by atoms with van der Waals surface area (Å²) in [5, 5.41) is 9.34. The molecule has 20 heavy (non-hydrogen) atoms. The van der Waals surface area contributed by atoms with Crippen LogP contribution in [0.1, 0.15) is 11.4 Å². The maximum Gasteiger partial charge on any atom is 0.326 e. The van der Waals surface area contributed by atoms with Gasteiger partial charge in [0, 0.05) is 19.5 Å². The molecule has 0 saturated carbocycles. The Labute approximate surface area is 115 Å². The number of aliphatic carboxylic acids is 1. The Morgan fingerprint density at radius 3 is 2.85 bits per heavy atom. The number of nitrogens with one attached hydrogen (secondary N) is 1. The Hall–Kier alpha value is -2.09. The summed E-state index contributed by atoms with van der Waals surface area (Å²) < 4.78 is 5.21. The number of carboxylic acid groups (broad SMARTS) is 1. The molecular formula is C12H16N4O4. The number of ether oxygens (including phenoxy) is 1. The van der Waals surface area contributed by atoms with E-state index in [1.807, 2.05) is 0 Å². The van der Waals surface area contributed by atoms with Crippen LogP contribution in [0.15, 0.2) is 6.33 Å². The van der Waals surface area contributed by atoms with Crippen LogP contribution in [0, 0.1) is 0 Å². The number of amides is 2. The number of urea groups is 1. The molecule has 2 amide bonds. The number of fused-ring (bicyclic) bond motifs is 1. The highest BCUT2D eigenvalue weighted by Gasteiger charge is 2.38. The van der Waals surface area contributed by atoms with E-state index in [1.54, 1.807) is 4.90 Å². The second kappa shape index (κ2) is 5.12. The highest BCUT2D eigenvalue weighted by Crippen LogP contribution is 2.22. The second-order valence-electron chi connectivity index (χ2n) is 4.90. The number of carboxylic acids is 1. The van der Waals surface area contributed by atoms with Gasteiger partial charge in [0.15, 0.2) is 0 Å². The predicted molar refractivity (Wildman–Crippen MR) is 67.0 cm³/mol. The summed E-state index contributed by atoms with van der Waals surface area (Å²) in [6, 6.07) is -1.11. The molecule has 8 nitrogen and oxygen atoms in total. The van der Waals surface area contributed by atoms with Crippen molar-refractivity contribution in [1.82, 2.24) is 19.8 Å². The van der Waals surface area contributed by atoms with E-state index in [2.05, 4.69) is 9.97 Å². The number of hydrogen-bond donors (Lipinski definition) is 2. The van der Waals surface area contributed by atoms with Gasteiger partial charge in [-0.2, -0.15) is 0 Å². The maximum atomic E-state index is 12.5. The van der Waals surface area contributed by atoms with Gasteiger partial charge in [-0.05, 0) is 0 Å². The van der Waals surface area contributed by atoms with Gasteiger partial charge in [0.05, 0.1) is 37.5 Å². The lowest BCUT2D eigenvalue weighted by Gasteiger charge is -2.37. The number of aromatic amines is 1. The maximum absolute atomic E-state index is 12.5. The van der Waals surface area contributed by atoms with Gasteiger partial charge in [-0.1, -0.05) is 0 Å². The molecule has 1 aromatic heterocycles. The summed E-state index contributed by atoms with van der Waals surface area (Å²) in [4.78, 5) is 34.0. The lowest BCUT2D eigenvalue weighted by atomic mass is 10.0. The quantitative estimate of drug-likeness (QED) is 0.734. The van der Waals surface area contributed by atoms with Gasteiger partial charge in [0.2, 0.25) is 0 Å². The van der Waals surface area contributed by atoms with E-state index in [-0.39, 0.29) is 19.0 Å². The Morgan fingerprint density at radius 2 is 2.15 bits per heavy atom. The van der Waals surface area contributed by atoms with E-state index in [9.17, 15) is 14.7 Å². The summed E-state index contributed by atoms with van der Waals surface area (Å²) in [5.41, 5.74) is 1.53. The topological polar surface area (TPSA) is 98.8 Å². The summed E-state index contributed by atoms with van der Waals surface area (Å²) in [5.74, 6) is -1.000. The van der Waals surface area contributed by atoms with Crippen molar-refractivity contribution in [2.24, 2.45) is 0 Å². The van der Waals surface area contributed by atoms with Crippen molar-refractivity contribution in [3.8, 4) is 0 Å². The highest BCUT2D eigenvalue weighted by atomic mass is 16.5. The molecule has 3 heterocycles. The third kappa shape index (κ3) is 2.22. The molecule has 0 radical (unpaired) electrons. The van der Waals surface area contributed by atoms with Crippen LogP contribution in [0.2, 0.25) is 0 Å². The van der Waals surface area contributed by atoms with Gasteiger partial charge < -0.3 is 24.6 Å². The Balaban J connectivity index is 1.82.